The van der Waals surface area contributed by atoms with Gasteiger partial charge in [0, 0.05) is 35.5 Å². The number of hydrogen-bond acceptors (Lipinski definition) is 4. The number of nitrogens with one attached hydrogen (secondary N) is 1. The zero-order valence-corrected chi connectivity index (χ0v) is 13.5. The molecule has 2 N–H and O–H groups in total. The van der Waals surface area contributed by atoms with Crippen LogP contribution in [0, 0.1) is 10.1 Å². The van der Waals surface area contributed by atoms with Crippen molar-refractivity contribution in [1.82, 2.24) is 5.32 Å². The van der Waals surface area contributed by atoms with Gasteiger partial charge in [-0.3, -0.25) is 19.7 Å². The third-order valence-corrected chi connectivity index (χ3v) is 3.65. The van der Waals surface area contributed by atoms with E-state index in [0.29, 0.717) is 36.7 Å². The summed E-state index contributed by atoms with van der Waals surface area (Å²) in [5.41, 5.74) is 0.656. The molecule has 0 aromatic heterocycles. The number of carboxylic acids is 1. The van der Waals surface area contributed by atoms with E-state index in [1.165, 1.54) is 6.07 Å². The summed E-state index contributed by atoms with van der Waals surface area (Å²) in [5, 5.41) is 22.5. The van der Waals surface area contributed by atoms with Crippen molar-refractivity contribution in [2.75, 3.05) is 6.54 Å². The van der Waals surface area contributed by atoms with Gasteiger partial charge in [-0.15, -0.1) is 0 Å². The largest absolute Gasteiger partial charge is 0.481 e. The van der Waals surface area contributed by atoms with Gasteiger partial charge in [0.1, 0.15) is 0 Å². The van der Waals surface area contributed by atoms with Crippen LogP contribution in [0.25, 0.3) is 0 Å². The van der Waals surface area contributed by atoms with Crippen LogP contribution < -0.4 is 5.32 Å². The number of alkyl halides is 1. The number of nitro groups is 1. The molecule has 0 heterocycles. The molecular formula is C14H17BrN2O5. The van der Waals surface area contributed by atoms with Crippen molar-refractivity contribution in [3.05, 3.63) is 39.4 Å². The first kappa shape index (κ1) is 18.1. The van der Waals surface area contributed by atoms with Gasteiger partial charge in [0.05, 0.1) is 4.92 Å². The number of benzene rings is 1. The Morgan fingerprint density at radius 3 is 2.59 bits per heavy atom. The lowest BCUT2D eigenvalue weighted by atomic mass is 10.1. The molecule has 1 rings (SSSR count). The van der Waals surface area contributed by atoms with E-state index in [2.05, 4.69) is 21.2 Å². The number of nitrogens with zero attached hydrogens (tertiary/aromatic N) is 1. The number of nitro benzene ring substituents is 1. The third kappa shape index (κ3) is 5.80. The average molecular weight is 373 g/mol. The van der Waals surface area contributed by atoms with Crippen molar-refractivity contribution in [3.63, 3.8) is 0 Å². The molecule has 1 amide bonds. The van der Waals surface area contributed by atoms with Crippen LogP contribution in [0.15, 0.2) is 18.2 Å². The van der Waals surface area contributed by atoms with Gasteiger partial charge >= 0.3 is 5.97 Å². The van der Waals surface area contributed by atoms with Crippen LogP contribution in [-0.4, -0.2) is 28.5 Å². The number of carbonyl (C=O) groups is 2. The molecule has 0 aliphatic heterocycles. The number of carbonyl (C=O) groups excluding carboxylic acids is 1. The number of aliphatic carboxylic acids is 1. The van der Waals surface area contributed by atoms with Crippen molar-refractivity contribution >= 4 is 33.5 Å². The lowest BCUT2D eigenvalue weighted by Gasteiger charge is -2.06. The van der Waals surface area contributed by atoms with Crippen LogP contribution >= 0.6 is 15.9 Å². The van der Waals surface area contributed by atoms with Crippen LogP contribution in [-0.2, 0) is 10.1 Å². The van der Waals surface area contributed by atoms with Crippen molar-refractivity contribution in [1.29, 1.82) is 0 Å². The smallest absolute Gasteiger partial charge is 0.303 e. The molecular weight excluding hydrogens is 356 g/mol. The van der Waals surface area contributed by atoms with Crippen LogP contribution in [0.4, 0.5) is 5.69 Å². The second-order valence-corrected chi connectivity index (χ2v) is 5.26. The summed E-state index contributed by atoms with van der Waals surface area (Å²) in [5.74, 6) is -1.20. The van der Waals surface area contributed by atoms with E-state index in [-0.39, 0.29) is 23.6 Å². The van der Waals surface area contributed by atoms with Crippen LogP contribution in [0.1, 0.15) is 41.6 Å². The van der Waals surface area contributed by atoms with Gasteiger partial charge in [0.25, 0.3) is 11.6 Å². The molecule has 8 heteroatoms. The quantitative estimate of drug-likeness (QED) is 0.299. The predicted octanol–water partition coefficient (Wildman–Crippen LogP) is 2.86. The Morgan fingerprint density at radius 1 is 1.27 bits per heavy atom. The summed E-state index contributed by atoms with van der Waals surface area (Å²) < 4.78 is 0. The predicted molar refractivity (Wildman–Crippen MR) is 84.2 cm³/mol. The Balaban J connectivity index is 2.50. The first-order chi connectivity index (χ1) is 10.5. The first-order valence-corrected chi connectivity index (χ1v) is 7.91. The molecule has 0 saturated heterocycles. The van der Waals surface area contributed by atoms with E-state index in [9.17, 15) is 19.7 Å². The van der Waals surface area contributed by atoms with E-state index in [4.69, 9.17) is 5.11 Å². The van der Waals surface area contributed by atoms with Gasteiger partial charge in [0.2, 0.25) is 0 Å². The van der Waals surface area contributed by atoms with E-state index in [1.807, 2.05) is 0 Å². The summed E-state index contributed by atoms with van der Waals surface area (Å²) in [7, 11) is 0. The van der Waals surface area contributed by atoms with Crippen molar-refractivity contribution in [2.45, 2.75) is 31.0 Å². The van der Waals surface area contributed by atoms with Crippen LogP contribution in [0.2, 0.25) is 0 Å². The van der Waals surface area contributed by atoms with E-state index >= 15 is 0 Å². The fraction of sp³-hybridized carbons (Fsp3) is 0.429. The molecule has 1 aromatic carbocycles. The summed E-state index contributed by atoms with van der Waals surface area (Å²) in [6, 6.07) is 4.36. The third-order valence-electron chi connectivity index (χ3n) is 3.04. The fourth-order valence-electron chi connectivity index (χ4n) is 1.87. The monoisotopic (exact) mass is 372 g/mol. The molecule has 1 aromatic rings. The summed E-state index contributed by atoms with van der Waals surface area (Å²) in [6.45, 7) is 0.409. The second-order valence-electron chi connectivity index (χ2n) is 4.69. The van der Waals surface area contributed by atoms with Crippen molar-refractivity contribution < 1.29 is 19.6 Å². The molecule has 0 bridgehead atoms. The molecule has 0 atom stereocenters. The molecule has 120 valence electrons. The fourth-order valence-corrected chi connectivity index (χ4v) is 2.34. The minimum atomic E-state index is -0.830. The Bertz CT molecular complexity index is 562. The van der Waals surface area contributed by atoms with Gasteiger partial charge in [-0.25, -0.2) is 0 Å². The van der Waals surface area contributed by atoms with Gasteiger partial charge < -0.3 is 10.4 Å². The lowest BCUT2D eigenvalue weighted by Crippen LogP contribution is -2.24. The normalized spacial score (nSPS) is 10.2. The van der Waals surface area contributed by atoms with E-state index in [1.54, 1.807) is 12.1 Å². The highest BCUT2D eigenvalue weighted by atomic mass is 79.9. The maximum absolute atomic E-state index is 11.9. The molecule has 0 aliphatic carbocycles. The summed E-state index contributed by atoms with van der Waals surface area (Å²) >= 11 is 3.17. The zero-order chi connectivity index (χ0) is 16.5. The number of amides is 1. The van der Waals surface area contributed by atoms with Gasteiger partial charge in [-0.05, 0) is 18.9 Å². The maximum atomic E-state index is 11.9. The summed E-state index contributed by atoms with van der Waals surface area (Å²) in [4.78, 5) is 32.7. The first-order valence-electron chi connectivity index (χ1n) is 6.79. The second kappa shape index (κ2) is 9.14. The van der Waals surface area contributed by atoms with Crippen LogP contribution in [0.3, 0.4) is 0 Å². The number of halogens is 1. The highest BCUT2D eigenvalue weighted by Gasteiger charge is 2.16. The number of carboxylic acid groups (broad SMARTS) is 1. The standard InChI is InChI=1S/C14H17BrN2O5/c15-9-11-6-5-10(8-12(11)17(21)22)14(20)16-7-3-1-2-4-13(18)19/h5-6,8H,1-4,7,9H2,(H,16,20)(H,18,19). The molecule has 7 nitrogen and oxygen atoms in total. The molecule has 0 spiro atoms. The van der Waals surface area contributed by atoms with Gasteiger partial charge in [0.15, 0.2) is 0 Å². The summed E-state index contributed by atoms with van der Waals surface area (Å²) in [6.07, 6.45) is 2.06. The van der Waals surface area contributed by atoms with Crippen molar-refractivity contribution in [3.8, 4) is 0 Å². The van der Waals surface area contributed by atoms with Crippen molar-refractivity contribution in [2.24, 2.45) is 0 Å². The molecule has 0 aliphatic rings. The molecule has 0 radical (unpaired) electrons. The average Bonchev–Trinajstić information content (AvgIpc) is 2.49. The van der Waals surface area contributed by atoms with Gasteiger partial charge in [-0.2, -0.15) is 0 Å². The number of unbranched alkanes of at least 4 members (excludes halogenated alkanes) is 2. The van der Waals surface area contributed by atoms with Crippen LogP contribution in [0.5, 0.6) is 0 Å². The maximum Gasteiger partial charge on any atom is 0.303 e. The Labute approximate surface area is 136 Å². The molecule has 22 heavy (non-hydrogen) atoms. The molecule has 0 unspecified atom stereocenters. The molecule has 0 saturated carbocycles. The Hall–Kier alpha value is -1.96. The minimum absolute atomic E-state index is 0.0917. The Morgan fingerprint density at radius 2 is 2.00 bits per heavy atom. The minimum Gasteiger partial charge on any atom is -0.481 e. The SMILES string of the molecule is O=C(O)CCCCCNC(=O)c1ccc(CBr)c([N+](=O)[O-])c1. The Kier molecular flexibility index (Phi) is 7.51. The van der Waals surface area contributed by atoms with E-state index < -0.39 is 10.9 Å². The molecule has 0 fully saturated rings. The number of hydrogen-bond donors (Lipinski definition) is 2. The highest BCUT2D eigenvalue weighted by molar-refractivity contribution is 9.08. The number of rotatable bonds is 9. The zero-order valence-electron chi connectivity index (χ0n) is 11.9. The van der Waals surface area contributed by atoms with E-state index in [0.717, 1.165) is 0 Å². The topological polar surface area (TPSA) is 110 Å². The van der Waals surface area contributed by atoms with Gasteiger partial charge in [-0.1, -0.05) is 28.4 Å². The highest BCUT2D eigenvalue weighted by Crippen LogP contribution is 2.22. The lowest BCUT2D eigenvalue weighted by molar-refractivity contribution is -0.385.